The van der Waals surface area contributed by atoms with Gasteiger partial charge in [0.05, 0.1) is 0 Å². The average Bonchev–Trinajstić information content (AvgIpc) is 1.61. The zero-order chi connectivity index (χ0) is 4.83. The first-order valence-electron chi connectivity index (χ1n) is 1.71. The van der Waals surface area contributed by atoms with Crippen molar-refractivity contribution in [3.05, 3.63) is 12.3 Å². The van der Waals surface area contributed by atoms with Gasteiger partial charge in [-0.2, -0.15) is 0 Å². The standard InChI is InChI=1S/C5H7N/c1-2-3-4-5-6/h4-5H,6H2,1H3/b5-4-. The Kier molecular flexibility index (Phi) is 3.48. The van der Waals surface area contributed by atoms with Crippen molar-refractivity contribution < 1.29 is 0 Å². The van der Waals surface area contributed by atoms with Crippen LogP contribution in [-0.4, -0.2) is 0 Å². The number of hydrogen-bond acceptors (Lipinski definition) is 1. The van der Waals surface area contributed by atoms with Crippen LogP contribution in [0, 0.1) is 11.8 Å². The van der Waals surface area contributed by atoms with Crippen LogP contribution in [-0.2, 0) is 0 Å². The summed E-state index contributed by atoms with van der Waals surface area (Å²) in [7, 11) is 0. The van der Waals surface area contributed by atoms with Crippen LogP contribution < -0.4 is 5.73 Å². The predicted octanol–water partition coefficient (Wildman–Crippen LogP) is 0.482. The molecule has 6 heavy (non-hydrogen) atoms. The molecule has 0 saturated heterocycles. The molecule has 0 saturated carbocycles. The van der Waals surface area contributed by atoms with Crippen molar-refractivity contribution in [1.82, 2.24) is 0 Å². The molecule has 0 bridgehead atoms. The summed E-state index contributed by atoms with van der Waals surface area (Å²) in [6.45, 7) is 1.76. The van der Waals surface area contributed by atoms with Gasteiger partial charge in [0.1, 0.15) is 0 Å². The molecule has 0 aliphatic heterocycles. The fourth-order valence-electron chi connectivity index (χ4n) is 0.131. The van der Waals surface area contributed by atoms with Gasteiger partial charge in [0.15, 0.2) is 0 Å². The SMILES string of the molecule is CC#C/C=C\N. The molecule has 32 valence electrons. The first kappa shape index (κ1) is 5.10. The molecule has 2 N–H and O–H groups in total. The molecule has 0 aliphatic rings. The molecule has 0 atom stereocenters. The number of rotatable bonds is 0. The third-order valence-electron chi connectivity index (χ3n) is 0.324. The molecule has 0 fully saturated rings. The van der Waals surface area contributed by atoms with Crippen molar-refractivity contribution >= 4 is 0 Å². The summed E-state index contributed by atoms with van der Waals surface area (Å²) in [5, 5.41) is 0. The van der Waals surface area contributed by atoms with E-state index in [1.165, 1.54) is 6.20 Å². The lowest BCUT2D eigenvalue weighted by Crippen LogP contribution is -1.71. The molecular weight excluding hydrogens is 74.1 g/mol. The molecule has 0 heterocycles. The Balaban J connectivity index is 3.24. The van der Waals surface area contributed by atoms with Gasteiger partial charge in [-0.05, 0) is 6.92 Å². The van der Waals surface area contributed by atoms with E-state index in [9.17, 15) is 0 Å². The van der Waals surface area contributed by atoms with Gasteiger partial charge >= 0.3 is 0 Å². The zero-order valence-corrected chi connectivity index (χ0v) is 3.73. The Labute approximate surface area is 37.8 Å². The average molecular weight is 81.1 g/mol. The molecule has 0 aromatic carbocycles. The van der Waals surface area contributed by atoms with E-state index >= 15 is 0 Å². The molecular formula is C5H7N. The first-order valence-corrected chi connectivity index (χ1v) is 1.71. The Hall–Kier alpha value is -0.900. The Morgan fingerprint density at radius 1 is 1.67 bits per heavy atom. The summed E-state index contributed by atoms with van der Waals surface area (Å²) in [5.74, 6) is 5.29. The van der Waals surface area contributed by atoms with Crippen molar-refractivity contribution in [3.63, 3.8) is 0 Å². The van der Waals surface area contributed by atoms with Gasteiger partial charge in [-0.25, -0.2) is 0 Å². The van der Waals surface area contributed by atoms with Gasteiger partial charge in [-0.1, -0.05) is 5.92 Å². The van der Waals surface area contributed by atoms with Crippen LogP contribution in [0.1, 0.15) is 6.92 Å². The second-order valence-electron chi connectivity index (χ2n) is 0.753. The monoisotopic (exact) mass is 81.1 g/mol. The quantitative estimate of drug-likeness (QED) is 0.422. The molecule has 0 amide bonds. The van der Waals surface area contributed by atoms with Crippen LogP contribution in [0.15, 0.2) is 12.3 Å². The lowest BCUT2D eigenvalue weighted by molar-refractivity contribution is 1.61. The van der Waals surface area contributed by atoms with Gasteiger partial charge in [0.2, 0.25) is 0 Å². The Morgan fingerprint density at radius 3 is 2.50 bits per heavy atom. The molecule has 0 aliphatic carbocycles. The molecule has 1 nitrogen and oxygen atoms in total. The molecule has 1 heteroatoms. The minimum Gasteiger partial charge on any atom is -0.404 e. The van der Waals surface area contributed by atoms with Crippen LogP contribution in [0.5, 0.6) is 0 Å². The van der Waals surface area contributed by atoms with Gasteiger partial charge < -0.3 is 5.73 Å². The number of allylic oxidation sites excluding steroid dienone is 1. The highest BCUT2D eigenvalue weighted by Crippen LogP contribution is 1.54. The molecule has 0 aromatic heterocycles. The summed E-state index contributed by atoms with van der Waals surface area (Å²) in [4.78, 5) is 0. The lowest BCUT2D eigenvalue weighted by atomic mass is 10.6. The summed E-state index contributed by atoms with van der Waals surface area (Å²) in [5.41, 5.74) is 4.93. The second-order valence-corrected chi connectivity index (χ2v) is 0.753. The molecule has 0 rings (SSSR count). The largest absolute Gasteiger partial charge is 0.404 e. The van der Waals surface area contributed by atoms with Crippen LogP contribution in [0.25, 0.3) is 0 Å². The lowest BCUT2D eigenvalue weighted by Gasteiger charge is -1.58. The van der Waals surface area contributed by atoms with Crippen LogP contribution >= 0.6 is 0 Å². The smallest absolute Gasteiger partial charge is 0.00361 e. The minimum absolute atomic E-state index is 1.41. The van der Waals surface area contributed by atoms with Gasteiger partial charge in [-0.15, -0.1) is 5.92 Å². The van der Waals surface area contributed by atoms with Gasteiger partial charge in [-0.3, -0.25) is 0 Å². The maximum Gasteiger partial charge on any atom is 0.00361 e. The highest BCUT2D eigenvalue weighted by atomic mass is 14.5. The van der Waals surface area contributed by atoms with Crippen molar-refractivity contribution in [2.75, 3.05) is 0 Å². The highest BCUT2D eigenvalue weighted by Gasteiger charge is 1.45. The van der Waals surface area contributed by atoms with Crippen molar-refractivity contribution in [3.8, 4) is 11.8 Å². The van der Waals surface area contributed by atoms with Gasteiger partial charge in [0.25, 0.3) is 0 Å². The summed E-state index contributed by atoms with van der Waals surface area (Å²) in [6, 6.07) is 0. The van der Waals surface area contributed by atoms with E-state index in [2.05, 4.69) is 11.8 Å². The highest BCUT2D eigenvalue weighted by molar-refractivity contribution is 5.12. The minimum atomic E-state index is 1.41. The summed E-state index contributed by atoms with van der Waals surface area (Å²) >= 11 is 0. The Bertz CT molecular complexity index is 92.2. The molecule has 0 spiro atoms. The topological polar surface area (TPSA) is 26.0 Å². The maximum absolute atomic E-state index is 4.93. The van der Waals surface area contributed by atoms with Crippen LogP contribution in [0.3, 0.4) is 0 Å². The fraction of sp³-hybridized carbons (Fsp3) is 0.200. The van der Waals surface area contributed by atoms with Crippen LogP contribution in [0.2, 0.25) is 0 Å². The third kappa shape index (κ3) is 3.10. The van der Waals surface area contributed by atoms with Crippen LogP contribution in [0.4, 0.5) is 0 Å². The maximum atomic E-state index is 4.93. The summed E-state index contributed by atoms with van der Waals surface area (Å²) < 4.78 is 0. The summed E-state index contributed by atoms with van der Waals surface area (Å²) in [6.07, 6.45) is 3.01. The van der Waals surface area contributed by atoms with E-state index in [0.29, 0.717) is 0 Å². The number of nitrogens with two attached hydrogens (primary N) is 1. The van der Waals surface area contributed by atoms with E-state index in [4.69, 9.17) is 5.73 Å². The van der Waals surface area contributed by atoms with E-state index < -0.39 is 0 Å². The van der Waals surface area contributed by atoms with Crippen molar-refractivity contribution in [2.24, 2.45) is 5.73 Å². The fourth-order valence-corrected chi connectivity index (χ4v) is 0.131. The van der Waals surface area contributed by atoms with E-state index in [0.717, 1.165) is 0 Å². The normalized spacial score (nSPS) is 7.50. The Morgan fingerprint density at radius 2 is 2.33 bits per heavy atom. The van der Waals surface area contributed by atoms with E-state index in [1.54, 1.807) is 13.0 Å². The van der Waals surface area contributed by atoms with E-state index in [-0.39, 0.29) is 0 Å². The molecule has 0 unspecified atom stereocenters. The van der Waals surface area contributed by atoms with Gasteiger partial charge in [0, 0.05) is 12.3 Å². The predicted molar refractivity (Wildman–Crippen MR) is 26.8 cm³/mol. The zero-order valence-electron chi connectivity index (χ0n) is 3.73. The molecule has 0 radical (unpaired) electrons. The number of hydrogen-bond donors (Lipinski definition) is 1. The van der Waals surface area contributed by atoms with Crippen molar-refractivity contribution in [2.45, 2.75) is 6.92 Å². The van der Waals surface area contributed by atoms with E-state index in [1.807, 2.05) is 0 Å². The first-order chi connectivity index (χ1) is 2.91. The second kappa shape index (κ2) is 4.10. The van der Waals surface area contributed by atoms with Crippen molar-refractivity contribution in [1.29, 1.82) is 0 Å². The third-order valence-corrected chi connectivity index (χ3v) is 0.324. The molecule has 0 aromatic rings.